The van der Waals surface area contributed by atoms with E-state index in [1.54, 1.807) is 32.2 Å². The maximum Gasteiger partial charge on any atom is 0.242 e. The van der Waals surface area contributed by atoms with Gasteiger partial charge >= 0.3 is 0 Å². The molecule has 20 heavy (non-hydrogen) atoms. The molecule has 108 valence electrons. The summed E-state index contributed by atoms with van der Waals surface area (Å²) < 4.78 is 27.0. The monoisotopic (exact) mass is 312 g/mol. The summed E-state index contributed by atoms with van der Waals surface area (Å²) in [4.78, 5) is 10.00. The number of hydrogen-bond donors (Lipinski definition) is 2. The number of sulfonamides is 1. The minimum Gasteiger partial charge on any atom is -0.326 e. The largest absolute Gasteiger partial charge is 0.326 e. The first kappa shape index (κ1) is 15.0. The van der Waals surface area contributed by atoms with Gasteiger partial charge in [-0.25, -0.2) is 23.1 Å². The summed E-state index contributed by atoms with van der Waals surface area (Å²) in [5, 5.41) is 0. The van der Waals surface area contributed by atoms with Crippen LogP contribution in [0.5, 0.6) is 0 Å². The Kier molecular flexibility index (Phi) is 4.48. The van der Waals surface area contributed by atoms with Crippen molar-refractivity contribution in [3.8, 4) is 0 Å². The molecule has 0 spiro atoms. The van der Waals surface area contributed by atoms with Crippen molar-refractivity contribution in [2.75, 3.05) is 0 Å². The van der Waals surface area contributed by atoms with Crippen LogP contribution < -0.4 is 10.5 Å². The average Bonchev–Trinajstić information content (AvgIpc) is 2.79. The maximum absolute atomic E-state index is 12.3. The van der Waals surface area contributed by atoms with Crippen molar-refractivity contribution in [2.45, 2.75) is 31.8 Å². The summed E-state index contributed by atoms with van der Waals surface area (Å²) >= 11 is 1.40. The fourth-order valence-electron chi connectivity index (χ4n) is 1.74. The van der Waals surface area contributed by atoms with Crippen molar-refractivity contribution in [1.82, 2.24) is 14.7 Å². The van der Waals surface area contributed by atoms with E-state index in [1.807, 2.05) is 0 Å². The standard InChI is InChI=1S/C12H16N4O2S2/c1-8-12(5-11(6-13)19-8)20(17,18)15-7-10-3-4-14-9(2)16-10/h3-5,15H,6-7,13H2,1-2H3. The molecule has 0 radical (unpaired) electrons. The molecule has 8 heteroatoms. The number of aryl methyl sites for hydroxylation is 2. The van der Waals surface area contributed by atoms with Gasteiger partial charge in [0.1, 0.15) is 5.82 Å². The topological polar surface area (TPSA) is 98.0 Å². The predicted molar refractivity (Wildman–Crippen MR) is 77.7 cm³/mol. The Morgan fingerprint density at radius 1 is 1.40 bits per heavy atom. The van der Waals surface area contributed by atoms with Crippen molar-refractivity contribution < 1.29 is 8.42 Å². The van der Waals surface area contributed by atoms with Crippen LogP contribution in [0, 0.1) is 13.8 Å². The number of thiophene rings is 1. The van der Waals surface area contributed by atoms with Gasteiger partial charge in [-0.05, 0) is 26.0 Å². The minimum absolute atomic E-state index is 0.138. The first-order valence-electron chi connectivity index (χ1n) is 6.00. The van der Waals surface area contributed by atoms with E-state index in [2.05, 4.69) is 14.7 Å². The summed E-state index contributed by atoms with van der Waals surface area (Å²) in [7, 11) is -3.55. The van der Waals surface area contributed by atoms with E-state index in [1.165, 1.54) is 11.3 Å². The third kappa shape index (κ3) is 3.40. The number of aromatic nitrogens is 2. The van der Waals surface area contributed by atoms with Crippen LogP contribution in [0.3, 0.4) is 0 Å². The van der Waals surface area contributed by atoms with Crippen molar-refractivity contribution in [3.63, 3.8) is 0 Å². The van der Waals surface area contributed by atoms with Crippen LogP contribution in [0.25, 0.3) is 0 Å². The van der Waals surface area contributed by atoms with E-state index >= 15 is 0 Å². The predicted octanol–water partition coefficient (Wildman–Crippen LogP) is 1.09. The molecule has 0 atom stereocenters. The smallest absolute Gasteiger partial charge is 0.242 e. The van der Waals surface area contributed by atoms with Crippen molar-refractivity contribution in [2.24, 2.45) is 5.73 Å². The van der Waals surface area contributed by atoms with E-state index < -0.39 is 10.0 Å². The molecule has 0 aliphatic carbocycles. The summed E-state index contributed by atoms with van der Waals surface area (Å²) in [5.74, 6) is 0.610. The maximum atomic E-state index is 12.3. The average molecular weight is 312 g/mol. The highest BCUT2D eigenvalue weighted by Crippen LogP contribution is 2.25. The summed E-state index contributed by atoms with van der Waals surface area (Å²) in [6, 6.07) is 3.30. The molecule has 2 aromatic rings. The number of nitrogens with zero attached hydrogens (tertiary/aromatic N) is 2. The third-order valence-corrected chi connectivity index (χ3v) is 5.42. The molecular formula is C12H16N4O2S2. The van der Waals surface area contributed by atoms with E-state index in [0.29, 0.717) is 18.1 Å². The lowest BCUT2D eigenvalue weighted by Crippen LogP contribution is -2.24. The van der Waals surface area contributed by atoms with Crippen molar-refractivity contribution in [1.29, 1.82) is 0 Å². The second-order valence-corrected chi connectivity index (χ2v) is 7.33. The van der Waals surface area contributed by atoms with Crippen LogP contribution >= 0.6 is 11.3 Å². The highest BCUT2D eigenvalue weighted by Gasteiger charge is 2.19. The van der Waals surface area contributed by atoms with E-state index in [4.69, 9.17) is 5.73 Å². The Bertz CT molecular complexity index is 710. The number of nitrogens with two attached hydrogens (primary N) is 1. The molecule has 2 aromatic heterocycles. The summed E-state index contributed by atoms with van der Waals surface area (Å²) in [6.45, 7) is 4.01. The Balaban J connectivity index is 2.17. The zero-order valence-corrected chi connectivity index (χ0v) is 12.9. The van der Waals surface area contributed by atoms with Gasteiger partial charge in [-0.1, -0.05) is 0 Å². The molecule has 0 aliphatic rings. The van der Waals surface area contributed by atoms with E-state index in [-0.39, 0.29) is 11.4 Å². The highest BCUT2D eigenvalue weighted by molar-refractivity contribution is 7.89. The fourth-order valence-corrected chi connectivity index (χ4v) is 4.25. The first-order valence-corrected chi connectivity index (χ1v) is 8.30. The van der Waals surface area contributed by atoms with Gasteiger partial charge in [0.25, 0.3) is 0 Å². The molecule has 0 aliphatic heterocycles. The molecule has 0 unspecified atom stereocenters. The van der Waals surface area contributed by atoms with Gasteiger partial charge in [0.05, 0.1) is 17.1 Å². The van der Waals surface area contributed by atoms with Crippen LogP contribution in [0.1, 0.15) is 21.3 Å². The second kappa shape index (κ2) is 5.96. The highest BCUT2D eigenvalue weighted by atomic mass is 32.2. The quantitative estimate of drug-likeness (QED) is 0.861. The van der Waals surface area contributed by atoms with Crippen molar-refractivity contribution >= 4 is 21.4 Å². The van der Waals surface area contributed by atoms with Gasteiger partial charge in [0.15, 0.2) is 0 Å². The lowest BCUT2D eigenvalue weighted by atomic mass is 10.4. The molecule has 2 rings (SSSR count). The molecule has 0 saturated heterocycles. The molecule has 0 aromatic carbocycles. The fraction of sp³-hybridized carbons (Fsp3) is 0.333. The lowest BCUT2D eigenvalue weighted by Gasteiger charge is -2.06. The van der Waals surface area contributed by atoms with Crippen LogP contribution in [-0.4, -0.2) is 18.4 Å². The second-order valence-electron chi connectivity index (χ2n) is 4.26. The van der Waals surface area contributed by atoms with E-state index in [0.717, 1.165) is 9.75 Å². The van der Waals surface area contributed by atoms with E-state index in [9.17, 15) is 8.42 Å². The molecular weight excluding hydrogens is 296 g/mol. The molecule has 0 amide bonds. The number of hydrogen-bond acceptors (Lipinski definition) is 6. The van der Waals surface area contributed by atoms with Crippen LogP contribution in [-0.2, 0) is 23.1 Å². The lowest BCUT2D eigenvalue weighted by molar-refractivity contribution is 0.580. The Morgan fingerprint density at radius 3 is 2.75 bits per heavy atom. The summed E-state index contributed by atoms with van der Waals surface area (Å²) in [5.41, 5.74) is 6.17. The van der Waals surface area contributed by atoms with Gasteiger partial charge in [-0.15, -0.1) is 11.3 Å². The molecule has 2 heterocycles. The van der Waals surface area contributed by atoms with Crippen LogP contribution in [0.2, 0.25) is 0 Å². The molecule has 6 nitrogen and oxygen atoms in total. The van der Waals surface area contributed by atoms with Crippen LogP contribution in [0.15, 0.2) is 23.2 Å². The molecule has 0 bridgehead atoms. The first-order chi connectivity index (χ1) is 9.42. The Labute approximate surface area is 122 Å². The van der Waals surface area contributed by atoms with Gasteiger partial charge < -0.3 is 5.73 Å². The Morgan fingerprint density at radius 2 is 2.15 bits per heavy atom. The van der Waals surface area contributed by atoms with Gasteiger partial charge in [-0.3, -0.25) is 0 Å². The van der Waals surface area contributed by atoms with Gasteiger partial charge in [0.2, 0.25) is 10.0 Å². The molecule has 3 N–H and O–H groups in total. The van der Waals surface area contributed by atoms with Crippen molar-refractivity contribution in [3.05, 3.63) is 39.6 Å². The third-order valence-electron chi connectivity index (χ3n) is 2.69. The molecule has 0 saturated carbocycles. The minimum atomic E-state index is -3.55. The Hall–Kier alpha value is -1.35. The SMILES string of the molecule is Cc1nccc(CNS(=O)(=O)c2cc(CN)sc2C)n1. The van der Waals surface area contributed by atoms with Gasteiger partial charge in [-0.2, -0.15) is 0 Å². The normalized spacial score (nSPS) is 11.8. The van der Waals surface area contributed by atoms with Gasteiger partial charge in [0, 0.05) is 22.5 Å². The molecule has 0 fully saturated rings. The zero-order chi connectivity index (χ0) is 14.8. The zero-order valence-electron chi connectivity index (χ0n) is 11.3. The summed E-state index contributed by atoms with van der Waals surface area (Å²) in [6.07, 6.45) is 1.61. The number of nitrogens with one attached hydrogen (secondary N) is 1. The van der Waals surface area contributed by atoms with Crippen LogP contribution in [0.4, 0.5) is 0 Å². The number of rotatable bonds is 5.